The fourth-order valence-corrected chi connectivity index (χ4v) is 3.35. The molecule has 1 unspecified atom stereocenters. The molecular formula is C6H7BrN2O3S. The van der Waals surface area contributed by atoms with Gasteiger partial charge in [-0.05, 0) is 27.5 Å². The zero-order valence-corrected chi connectivity index (χ0v) is 9.01. The highest BCUT2D eigenvalue weighted by Gasteiger charge is 2.32. The summed E-state index contributed by atoms with van der Waals surface area (Å²) in [4.78, 5) is 3.93. The number of hydrogen-bond donors (Lipinski definition) is 0. The molecule has 1 saturated heterocycles. The van der Waals surface area contributed by atoms with Gasteiger partial charge in [-0.25, -0.2) is 8.42 Å². The van der Waals surface area contributed by atoms with Crippen LogP contribution in [0.4, 0.5) is 0 Å². The SMILES string of the molecule is O=S1(=O)CCC(c2nc(Br)no2)C1. The molecule has 0 radical (unpaired) electrons. The van der Waals surface area contributed by atoms with Crippen molar-refractivity contribution in [1.29, 1.82) is 0 Å². The fraction of sp³-hybridized carbons (Fsp3) is 0.667. The summed E-state index contributed by atoms with van der Waals surface area (Å²) < 4.78 is 27.5. The van der Waals surface area contributed by atoms with Crippen LogP contribution in [0.1, 0.15) is 18.2 Å². The number of sulfone groups is 1. The number of hydrogen-bond acceptors (Lipinski definition) is 5. The van der Waals surface area contributed by atoms with Gasteiger partial charge in [0.1, 0.15) is 0 Å². The molecule has 13 heavy (non-hydrogen) atoms. The van der Waals surface area contributed by atoms with Gasteiger partial charge in [-0.2, -0.15) is 4.98 Å². The number of nitrogens with zero attached hydrogens (tertiary/aromatic N) is 2. The molecule has 5 nitrogen and oxygen atoms in total. The highest BCUT2D eigenvalue weighted by atomic mass is 79.9. The fourth-order valence-electron chi connectivity index (χ4n) is 1.37. The predicted molar refractivity (Wildman–Crippen MR) is 48.0 cm³/mol. The Kier molecular flexibility index (Phi) is 2.15. The Labute approximate surface area is 83.6 Å². The topological polar surface area (TPSA) is 73.1 Å². The molecule has 1 aromatic rings. The minimum atomic E-state index is -2.88. The van der Waals surface area contributed by atoms with Crippen LogP contribution in [-0.4, -0.2) is 30.1 Å². The van der Waals surface area contributed by atoms with E-state index >= 15 is 0 Å². The van der Waals surface area contributed by atoms with Crippen molar-refractivity contribution in [3.05, 3.63) is 10.6 Å². The van der Waals surface area contributed by atoms with Crippen molar-refractivity contribution in [2.24, 2.45) is 0 Å². The van der Waals surface area contributed by atoms with Crippen LogP contribution < -0.4 is 0 Å². The lowest BCUT2D eigenvalue weighted by Gasteiger charge is -1.97. The van der Waals surface area contributed by atoms with E-state index < -0.39 is 9.84 Å². The Bertz CT molecular complexity index is 413. The Balaban J connectivity index is 2.21. The van der Waals surface area contributed by atoms with Gasteiger partial charge < -0.3 is 4.52 Å². The second-order valence-electron chi connectivity index (χ2n) is 3.00. The lowest BCUT2D eigenvalue weighted by Crippen LogP contribution is -2.03. The molecule has 1 aliphatic heterocycles. The first kappa shape index (κ1) is 9.14. The van der Waals surface area contributed by atoms with E-state index in [0.717, 1.165) is 0 Å². The molecule has 0 spiro atoms. The highest BCUT2D eigenvalue weighted by molar-refractivity contribution is 9.10. The van der Waals surface area contributed by atoms with Crippen LogP contribution >= 0.6 is 15.9 Å². The normalized spacial score (nSPS) is 26.4. The first-order valence-corrected chi connectivity index (χ1v) is 6.38. The van der Waals surface area contributed by atoms with E-state index in [-0.39, 0.29) is 17.4 Å². The summed E-state index contributed by atoms with van der Waals surface area (Å²) in [5.41, 5.74) is 0. The minimum absolute atomic E-state index is 0.121. The van der Waals surface area contributed by atoms with Crippen LogP contribution in [-0.2, 0) is 9.84 Å². The van der Waals surface area contributed by atoms with Crippen LogP contribution in [0.25, 0.3) is 0 Å². The molecule has 0 bridgehead atoms. The molecule has 0 aliphatic carbocycles. The van der Waals surface area contributed by atoms with Gasteiger partial charge in [0.05, 0.1) is 17.4 Å². The highest BCUT2D eigenvalue weighted by Crippen LogP contribution is 2.27. The van der Waals surface area contributed by atoms with Gasteiger partial charge >= 0.3 is 0 Å². The Morgan fingerprint density at radius 2 is 2.31 bits per heavy atom. The molecule has 2 heterocycles. The third kappa shape index (κ3) is 1.91. The van der Waals surface area contributed by atoms with Crippen LogP contribution in [0.2, 0.25) is 0 Å². The van der Waals surface area contributed by atoms with E-state index in [4.69, 9.17) is 4.52 Å². The summed E-state index contributed by atoms with van der Waals surface area (Å²) in [7, 11) is -2.88. The number of rotatable bonds is 1. The van der Waals surface area contributed by atoms with Gasteiger partial charge in [0.2, 0.25) is 10.6 Å². The summed E-state index contributed by atoms with van der Waals surface area (Å²) >= 11 is 3.04. The standard InChI is InChI=1S/C6H7BrN2O3S/c7-6-8-5(12-9-6)4-1-2-13(10,11)3-4/h4H,1-3H2. The molecule has 2 rings (SSSR count). The molecule has 0 amide bonds. The lowest BCUT2D eigenvalue weighted by atomic mass is 10.1. The van der Waals surface area contributed by atoms with E-state index in [1.54, 1.807) is 0 Å². The molecule has 0 saturated carbocycles. The summed E-state index contributed by atoms with van der Waals surface area (Å²) in [6.07, 6.45) is 0.580. The van der Waals surface area contributed by atoms with E-state index in [0.29, 0.717) is 17.0 Å². The molecule has 1 fully saturated rings. The summed E-state index contributed by atoms with van der Waals surface area (Å²) in [6.45, 7) is 0. The van der Waals surface area contributed by atoms with Crippen LogP contribution in [0, 0.1) is 0 Å². The summed E-state index contributed by atoms with van der Waals surface area (Å²) in [5, 5.41) is 3.54. The Morgan fingerprint density at radius 1 is 1.54 bits per heavy atom. The number of aromatic nitrogens is 2. The summed E-state index contributed by atoms with van der Waals surface area (Å²) in [5.74, 6) is 0.635. The first-order chi connectivity index (χ1) is 6.07. The molecule has 0 N–H and O–H groups in total. The van der Waals surface area contributed by atoms with Gasteiger partial charge in [-0.15, -0.1) is 0 Å². The third-order valence-electron chi connectivity index (χ3n) is 2.00. The van der Waals surface area contributed by atoms with Gasteiger partial charge in [-0.3, -0.25) is 0 Å². The molecule has 7 heteroatoms. The van der Waals surface area contributed by atoms with Gasteiger partial charge in [0.25, 0.3) is 0 Å². The Hall–Kier alpha value is -0.430. The predicted octanol–water partition coefficient (Wildman–Crippen LogP) is 0.734. The molecule has 1 aromatic heterocycles. The monoisotopic (exact) mass is 266 g/mol. The van der Waals surface area contributed by atoms with Crippen LogP contribution in [0.3, 0.4) is 0 Å². The molecule has 0 aromatic carbocycles. The largest absolute Gasteiger partial charge is 0.338 e. The smallest absolute Gasteiger partial charge is 0.238 e. The van der Waals surface area contributed by atoms with Crippen molar-refractivity contribution in [3.8, 4) is 0 Å². The van der Waals surface area contributed by atoms with Gasteiger partial charge in [0, 0.05) is 0 Å². The average Bonchev–Trinajstić information content (AvgIpc) is 2.56. The van der Waals surface area contributed by atoms with Crippen LogP contribution in [0.5, 0.6) is 0 Å². The van der Waals surface area contributed by atoms with Crippen molar-refractivity contribution in [1.82, 2.24) is 10.1 Å². The second kappa shape index (κ2) is 3.06. The zero-order valence-electron chi connectivity index (χ0n) is 6.60. The Morgan fingerprint density at radius 3 is 2.77 bits per heavy atom. The number of halogens is 1. The lowest BCUT2D eigenvalue weighted by molar-refractivity contribution is 0.358. The van der Waals surface area contributed by atoms with Crippen molar-refractivity contribution < 1.29 is 12.9 Å². The molecular weight excluding hydrogens is 260 g/mol. The van der Waals surface area contributed by atoms with Gasteiger partial charge in [0.15, 0.2) is 9.84 Å². The van der Waals surface area contributed by atoms with E-state index in [1.807, 2.05) is 0 Å². The maximum atomic E-state index is 11.1. The average molecular weight is 267 g/mol. The van der Waals surface area contributed by atoms with Crippen molar-refractivity contribution in [3.63, 3.8) is 0 Å². The van der Waals surface area contributed by atoms with E-state index in [2.05, 4.69) is 26.1 Å². The van der Waals surface area contributed by atoms with Gasteiger partial charge in [-0.1, -0.05) is 0 Å². The molecule has 1 aliphatic rings. The first-order valence-electron chi connectivity index (χ1n) is 3.76. The maximum absolute atomic E-state index is 11.1. The minimum Gasteiger partial charge on any atom is -0.338 e. The summed E-state index contributed by atoms with van der Waals surface area (Å²) in [6, 6.07) is 0. The molecule has 1 atom stereocenters. The van der Waals surface area contributed by atoms with Crippen molar-refractivity contribution >= 4 is 25.8 Å². The van der Waals surface area contributed by atoms with Crippen molar-refractivity contribution in [2.45, 2.75) is 12.3 Å². The quantitative estimate of drug-likeness (QED) is 0.750. The molecule has 72 valence electrons. The van der Waals surface area contributed by atoms with E-state index in [9.17, 15) is 8.42 Å². The van der Waals surface area contributed by atoms with Crippen molar-refractivity contribution in [2.75, 3.05) is 11.5 Å². The third-order valence-corrected chi connectivity index (χ3v) is 4.09. The second-order valence-corrected chi connectivity index (χ2v) is 5.94. The van der Waals surface area contributed by atoms with Crippen LogP contribution in [0.15, 0.2) is 9.26 Å². The van der Waals surface area contributed by atoms with E-state index in [1.165, 1.54) is 0 Å². The maximum Gasteiger partial charge on any atom is 0.238 e. The zero-order chi connectivity index (χ0) is 9.47.